The molecule has 0 spiro atoms. The van der Waals surface area contributed by atoms with Crippen molar-refractivity contribution in [2.75, 3.05) is 20.1 Å². The molecule has 6 atom stereocenters. The van der Waals surface area contributed by atoms with Crippen molar-refractivity contribution < 1.29 is 42.4 Å². The minimum atomic E-state index is -5.03. The van der Waals surface area contributed by atoms with Crippen molar-refractivity contribution in [1.29, 1.82) is 0 Å². The summed E-state index contributed by atoms with van der Waals surface area (Å²) in [4.78, 5) is 27.4. The lowest BCUT2D eigenvalue weighted by atomic mass is 9.98. The number of hydrogen-bond acceptors (Lipinski definition) is 7. The van der Waals surface area contributed by atoms with Gasteiger partial charge in [0.25, 0.3) is 0 Å². The van der Waals surface area contributed by atoms with Gasteiger partial charge >= 0.3 is 12.1 Å². The number of aliphatic hydroxyl groups excluding tert-OH is 2. The van der Waals surface area contributed by atoms with E-state index in [0.717, 1.165) is 38.9 Å². The summed E-state index contributed by atoms with van der Waals surface area (Å²) in [5, 5.41) is 23.4. The molecular weight excluding hydrogens is 699 g/mol. The number of nitrogens with one attached hydrogen (secondary N) is 1. The number of aliphatic hydroxyl groups is 2. The fourth-order valence-corrected chi connectivity index (χ4v) is 7.14. The number of alkyl halides is 3. The summed E-state index contributed by atoms with van der Waals surface area (Å²) in [6.45, 7) is 2.48. The highest BCUT2D eigenvalue weighted by molar-refractivity contribution is 5.90. The van der Waals surface area contributed by atoms with E-state index in [4.69, 9.17) is 9.47 Å². The molecule has 2 saturated heterocycles. The van der Waals surface area contributed by atoms with Crippen molar-refractivity contribution in [3.8, 4) is 11.1 Å². The zero-order valence-electron chi connectivity index (χ0n) is 30.3. The van der Waals surface area contributed by atoms with E-state index < -0.39 is 36.4 Å². The molecule has 4 aromatic carbocycles. The van der Waals surface area contributed by atoms with Crippen LogP contribution in [0.4, 0.5) is 13.2 Å². The summed E-state index contributed by atoms with van der Waals surface area (Å²) in [5.74, 6) is -2.60. The lowest BCUT2D eigenvalue weighted by Gasteiger charge is -2.39. The number of carbonyl (C=O) groups is 2. The Hall–Kier alpha value is -4.59. The van der Waals surface area contributed by atoms with Crippen LogP contribution in [0.1, 0.15) is 72.5 Å². The molecule has 2 aliphatic rings. The molecule has 9 nitrogen and oxygen atoms in total. The maximum absolute atomic E-state index is 13.0. The molecule has 0 aromatic heterocycles. The summed E-state index contributed by atoms with van der Waals surface area (Å²) < 4.78 is 52.2. The van der Waals surface area contributed by atoms with E-state index in [0.29, 0.717) is 24.3 Å². The van der Waals surface area contributed by atoms with Gasteiger partial charge in [-0.05, 0) is 66.3 Å². The van der Waals surface area contributed by atoms with Crippen LogP contribution >= 0.6 is 0 Å². The Kier molecular flexibility index (Phi) is 12.5. The van der Waals surface area contributed by atoms with Gasteiger partial charge in [0.15, 0.2) is 6.29 Å². The SMILES string of the molecule is C[C@H]([C@@H](O)c1ccccc1)N(C)C[C@@H]1C[C@H](c2ccc(CO)cc2)O[C@H](c2ccc(-c3cccc(CNC(=O)[C@@H]4CCCN4C(=O)C(F)(F)F)c3)cc2)O1. The third-order valence-electron chi connectivity index (χ3n) is 10.4. The van der Waals surface area contributed by atoms with Gasteiger partial charge in [-0.15, -0.1) is 0 Å². The molecule has 2 heterocycles. The lowest BCUT2D eigenvalue weighted by molar-refractivity contribution is -0.253. The quantitative estimate of drug-likeness (QED) is 0.150. The molecule has 0 unspecified atom stereocenters. The predicted molar refractivity (Wildman–Crippen MR) is 196 cm³/mol. The van der Waals surface area contributed by atoms with Crippen molar-refractivity contribution in [3.63, 3.8) is 0 Å². The number of likely N-dealkylation sites (tertiary alicyclic amines) is 1. The first-order valence-corrected chi connectivity index (χ1v) is 18.2. The van der Waals surface area contributed by atoms with Crippen LogP contribution in [0, 0.1) is 0 Å². The first-order valence-electron chi connectivity index (χ1n) is 18.2. The predicted octanol–water partition coefficient (Wildman–Crippen LogP) is 6.61. The number of benzene rings is 4. The summed E-state index contributed by atoms with van der Waals surface area (Å²) in [5.41, 5.74) is 5.97. The molecule has 0 bridgehead atoms. The van der Waals surface area contributed by atoms with E-state index in [1.165, 1.54) is 0 Å². The van der Waals surface area contributed by atoms with E-state index >= 15 is 0 Å². The molecule has 2 amide bonds. The number of rotatable bonds is 12. The molecule has 4 aromatic rings. The Morgan fingerprint density at radius 2 is 1.61 bits per heavy atom. The van der Waals surface area contributed by atoms with Crippen molar-refractivity contribution >= 4 is 11.8 Å². The monoisotopic (exact) mass is 745 g/mol. The molecule has 2 aliphatic heterocycles. The summed E-state index contributed by atoms with van der Waals surface area (Å²) in [6, 6.07) is 31.2. The van der Waals surface area contributed by atoms with E-state index in [1.54, 1.807) is 0 Å². The second-order valence-corrected chi connectivity index (χ2v) is 14.1. The molecule has 3 N–H and O–H groups in total. The number of likely N-dealkylation sites (N-methyl/N-ethyl adjacent to an activating group) is 1. The van der Waals surface area contributed by atoms with Gasteiger partial charge in [0.2, 0.25) is 5.91 Å². The molecule has 0 radical (unpaired) electrons. The van der Waals surface area contributed by atoms with E-state index in [2.05, 4.69) is 10.2 Å². The third kappa shape index (κ3) is 9.37. The van der Waals surface area contributed by atoms with Crippen molar-refractivity contribution in [1.82, 2.24) is 15.1 Å². The summed E-state index contributed by atoms with van der Waals surface area (Å²) >= 11 is 0. The number of halogens is 3. The normalized spacial score (nSPS) is 21.5. The van der Waals surface area contributed by atoms with Gasteiger partial charge in [-0.25, -0.2) is 0 Å². The smallest absolute Gasteiger partial charge is 0.392 e. The second kappa shape index (κ2) is 17.3. The van der Waals surface area contributed by atoms with Gasteiger partial charge in [-0.1, -0.05) is 97.1 Å². The van der Waals surface area contributed by atoms with Crippen LogP contribution < -0.4 is 5.32 Å². The van der Waals surface area contributed by atoms with Gasteiger partial charge in [-0.2, -0.15) is 13.2 Å². The largest absolute Gasteiger partial charge is 0.471 e. The molecule has 54 heavy (non-hydrogen) atoms. The Balaban J connectivity index is 1.13. The van der Waals surface area contributed by atoms with Crippen molar-refractivity contribution in [3.05, 3.63) is 131 Å². The Bertz CT molecular complexity index is 1860. The van der Waals surface area contributed by atoms with Crippen molar-refractivity contribution in [2.24, 2.45) is 0 Å². The average Bonchev–Trinajstić information content (AvgIpc) is 3.69. The number of nitrogens with zero attached hydrogens (tertiary/aromatic N) is 2. The van der Waals surface area contributed by atoms with E-state index in [-0.39, 0.29) is 44.4 Å². The van der Waals surface area contributed by atoms with Gasteiger partial charge < -0.3 is 29.9 Å². The summed E-state index contributed by atoms with van der Waals surface area (Å²) in [7, 11) is 1.97. The zero-order chi connectivity index (χ0) is 38.4. The molecule has 0 saturated carbocycles. The summed E-state index contributed by atoms with van der Waals surface area (Å²) in [6.07, 6.45) is -5.79. The van der Waals surface area contributed by atoms with Crippen molar-refractivity contribution in [2.45, 2.75) is 82.2 Å². The maximum Gasteiger partial charge on any atom is 0.471 e. The minimum Gasteiger partial charge on any atom is -0.392 e. The molecule has 6 rings (SSSR count). The molecular formula is C42H46F3N3O6. The standard InChI is InChI=1S/C42H46F3N3O6/c1-27(38(50)32-9-4-3-5-10-32)47(2)25-35-23-37(31-15-13-28(26-49)14-16-31)54-40(53-35)33-19-17-30(18-20-33)34-11-6-8-29(22-34)24-46-39(51)36-12-7-21-48(36)41(52)42(43,44)45/h3-6,8-11,13-20,22,27,35-38,40,49-50H,7,12,21,23-26H2,1-2H3,(H,46,51)/t27-,35+,36+,37-,38-,40-/m1/s1. The zero-order valence-corrected chi connectivity index (χ0v) is 30.3. The Morgan fingerprint density at radius 1 is 0.907 bits per heavy atom. The van der Waals surface area contributed by atoms with Crippen LogP contribution in [-0.4, -0.2) is 76.3 Å². The molecule has 286 valence electrons. The number of amides is 2. The highest BCUT2D eigenvalue weighted by Crippen LogP contribution is 2.39. The molecule has 12 heteroatoms. The fraction of sp³-hybridized carbons (Fsp3) is 0.381. The minimum absolute atomic E-state index is 0.0524. The van der Waals surface area contributed by atoms with Crippen LogP contribution in [0.15, 0.2) is 103 Å². The van der Waals surface area contributed by atoms with Crippen LogP contribution in [0.3, 0.4) is 0 Å². The average molecular weight is 746 g/mol. The fourth-order valence-electron chi connectivity index (χ4n) is 7.14. The topological polar surface area (TPSA) is 112 Å². The van der Waals surface area contributed by atoms with Crippen LogP contribution in [0.5, 0.6) is 0 Å². The van der Waals surface area contributed by atoms with Gasteiger partial charge in [-0.3, -0.25) is 14.5 Å². The van der Waals surface area contributed by atoms with Crippen LogP contribution in [-0.2, 0) is 32.2 Å². The highest BCUT2D eigenvalue weighted by Gasteiger charge is 2.47. The Morgan fingerprint density at radius 3 is 2.30 bits per heavy atom. The van der Waals surface area contributed by atoms with Crippen LogP contribution in [0.2, 0.25) is 0 Å². The van der Waals surface area contributed by atoms with E-state index in [1.807, 2.05) is 117 Å². The molecule has 0 aliphatic carbocycles. The maximum atomic E-state index is 13.0. The first kappa shape index (κ1) is 39.1. The highest BCUT2D eigenvalue weighted by atomic mass is 19.4. The third-order valence-corrected chi connectivity index (χ3v) is 10.4. The first-order chi connectivity index (χ1) is 25.9. The van der Waals surface area contributed by atoms with Gasteiger partial charge in [0, 0.05) is 37.7 Å². The van der Waals surface area contributed by atoms with Crippen LogP contribution in [0.25, 0.3) is 11.1 Å². The lowest BCUT2D eigenvalue weighted by Crippen LogP contribution is -2.50. The second-order valence-electron chi connectivity index (χ2n) is 14.1. The number of carbonyl (C=O) groups excluding carboxylic acids is 2. The number of ether oxygens (including phenoxy) is 2. The van der Waals surface area contributed by atoms with E-state index in [9.17, 15) is 33.0 Å². The van der Waals surface area contributed by atoms with Gasteiger partial charge in [0.05, 0.1) is 24.9 Å². The number of hydrogen-bond donors (Lipinski definition) is 3. The van der Waals surface area contributed by atoms with Gasteiger partial charge in [0.1, 0.15) is 6.04 Å². The Labute approximate surface area is 313 Å². The molecule has 2 fully saturated rings.